The quantitative estimate of drug-likeness (QED) is 0.524. The van der Waals surface area contributed by atoms with Crippen molar-refractivity contribution in [1.82, 2.24) is 4.57 Å². The van der Waals surface area contributed by atoms with Crippen LogP contribution >= 0.6 is 11.3 Å². The lowest BCUT2D eigenvalue weighted by atomic mass is 9.95. The molecule has 35 heavy (non-hydrogen) atoms. The van der Waals surface area contributed by atoms with Crippen molar-refractivity contribution in [2.45, 2.75) is 19.9 Å². The number of aromatic nitrogens is 1. The number of thiazole rings is 1. The number of esters is 1. The van der Waals surface area contributed by atoms with Gasteiger partial charge in [0.2, 0.25) is 0 Å². The van der Waals surface area contributed by atoms with Gasteiger partial charge in [0.1, 0.15) is 10.3 Å². The number of allylic oxidation sites excluding steroid dienone is 1. The Labute approximate surface area is 205 Å². The van der Waals surface area contributed by atoms with Crippen LogP contribution in [0.25, 0.3) is 5.57 Å². The molecule has 2 aliphatic heterocycles. The molecule has 0 fully saturated rings. The van der Waals surface area contributed by atoms with Crippen LogP contribution in [-0.2, 0) is 14.3 Å². The molecule has 178 valence electrons. The van der Waals surface area contributed by atoms with Gasteiger partial charge in [-0.15, -0.1) is 0 Å². The third kappa shape index (κ3) is 3.50. The van der Waals surface area contributed by atoms with Gasteiger partial charge in [0.15, 0.2) is 4.80 Å². The van der Waals surface area contributed by atoms with Crippen molar-refractivity contribution in [1.29, 1.82) is 0 Å². The zero-order chi connectivity index (χ0) is 24.9. The zero-order valence-electron chi connectivity index (χ0n) is 19.7. The fourth-order valence-electron chi connectivity index (χ4n) is 4.56. The number of ether oxygens (including phenoxy) is 2. The van der Waals surface area contributed by atoms with Crippen LogP contribution in [0.15, 0.2) is 69.6 Å². The van der Waals surface area contributed by atoms with E-state index in [1.165, 1.54) is 9.47 Å². The molecule has 1 atom stereocenters. The number of methoxy groups -OCH3 is 1. The molecule has 0 N–H and O–H groups in total. The Kier molecular flexibility index (Phi) is 5.64. The molecule has 3 aromatic rings. The maximum atomic E-state index is 13.9. The van der Waals surface area contributed by atoms with Crippen molar-refractivity contribution in [3.63, 3.8) is 0 Å². The van der Waals surface area contributed by atoms with Crippen LogP contribution in [0.2, 0.25) is 0 Å². The highest BCUT2D eigenvalue weighted by atomic mass is 32.1. The SMILES string of the molecule is CCOC(=O)C1=C(C)N=c2s/c(=C3\C(=O)N(C)c4ccccc43)c(=O)n2[C@H]1c1cccc(OC)c1. The maximum Gasteiger partial charge on any atom is 0.338 e. The van der Waals surface area contributed by atoms with E-state index in [9.17, 15) is 14.4 Å². The van der Waals surface area contributed by atoms with Gasteiger partial charge in [-0.2, -0.15) is 0 Å². The molecule has 0 saturated carbocycles. The Morgan fingerprint density at radius 1 is 1.14 bits per heavy atom. The van der Waals surface area contributed by atoms with E-state index in [4.69, 9.17) is 9.47 Å². The fraction of sp³-hybridized carbons (Fsp3) is 0.231. The van der Waals surface area contributed by atoms with Gasteiger partial charge < -0.3 is 14.4 Å². The van der Waals surface area contributed by atoms with E-state index in [-0.39, 0.29) is 28.2 Å². The number of hydrogen-bond donors (Lipinski definition) is 0. The molecule has 0 unspecified atom stereocenters. The second kappa shape index (κ2) is 8.66. The van der Waals surface area contributed by atoms with Gasteiger partial charge in [-0.25, -0.2) is 9.79 Å². The maximum absolute atomic E-state index is 13.9. The summed E-state index contributed by atoms with van der Waals surface area (Å²) < 4.78 is 12.5. The van der Waals surface area contributed by atoms with Crippen LogP contribution in [0, 0.1) is 0 Å². The third-order valence-corrected chi connectivity index (χ3v) is 7.24. The number of carbonyl (C=O) groups excluding carboxylic acids is 2. The minimum absolute atomic E-state index is 0.187. The summed E-state index contributed by atoms with van der Waals surface area (Å²) in [6.07, 6.45) is 0. The second-order valence-electron chi connectivity index (χ2n) is 8.16. The summed E-state index contributed by atoms with van der Waals surface area (Å²) in [5.74, 6) is -0.205. The van der Waals surface area contributed by atoms with Gasteiger partial charge >= 0.3 is 5.97 Å². The number of amides is 1. The smallest absolute Gasteiger partial charge is 0.338 e. The number of carbonyl (C=O) groups is 2. The molecular formula is C26H23N3O5S. The Balaban J connectivity index is 1.83. The highest BCUT2D eigenvalue weighted by Crippen LogP contribution is 2.35. The van der Waals surface area contributed by atoms with Crippen LogP contribution in [0.1, 0.15) is 31.0 Å². The van der Waals surface area contributed by atoms with Crippen LogP contribution in [-0.4, -0.2) is 37.2 Å². The summed E-state index contributed by atoms with van der Waals surface area (Å²) in [7, 11) is 3.24. The number of nitrogens with zero attached hydrogens (tertiary/aromatic N) is 3. The largest absolute Gasteiger partial charge is 0.497 e. The van der Waals surface area contributed by atoms with E-state index in [1.807, 2.05) is 30.3 Å². The number of fused-ring (bicyclic) bond motifs is 2. The molecule has 0 saturated heterocycles. The molecule has 1 amide bonds. The van der Waals surface area contributed by atoms with Gasteiger partial charge in [0.05, 0.1) is 42.3 Å². The molecule has 5 rings (SSSR count). The Hall–Kier alpha value is -3.98. The van der Waals surface area contributed by atoms with Crippen molar-refractivity contribution in [3.8, 4) is 5.75 Å². The average Bonchev–Trinajstić information content (AvgIpc) is 3.31. The monoisotopic (exact) mass is 489 g/mol. The number of benzene rings is 2. The van der Waals surface area contributed by atoms with Gasteiger partial charge in [0, 0.05) is 12.6 Å². The Morgan fingerprint density at radius 2 is 1.91 bits per heavy atom. The first-order valence-corrected chi connectivity index (χ1v) is 11.9. The van der Waals surface area contributed by atoms with Crippen molar-refractivity contribution >= 4 is 34.5 Å². The van der Waals surface area contributed by atoms with E-state index >= 15 is 0 Å². The van der Waals surface area contributed by atoms with Crippen LogP contribution in [0.3, 0.4) is 0 Å². The average molecular weight is 490 g/mol. The van der Waals surface area contributed by atoms with E-state index in [1.54, 1.807) is 46.2 Å². The molecule has 0 bridgehead atoms. The highest BCUT2D eigenvalue weighted by molar-refractivity contribution is 7.07. The van der Waals surface area contributed by atoms with Crippen LogP contribution in [0.4, 0.5) is 5.69 Å². The first-order chi connectivity index (χ1) is 16.9. The summed E-state index contributed by atoms with van der Waals surface area (Å²) in [4.78, 5) is 46.7. The molecule has 1 aromatic heterocycles. The fourth-order valence-corrected chi connectivity index (χ4v) is 5.69. The lowest BCUT2D eigenvalue weighted by Gasteiger charge is -2.25. The molecule has 0 radical (unpaired) electrons. The molecule has 0 aliphatic carbocycles. The number of para-hydroxylation sites is 1. The van der Waals surface area contributed by atoms with Crippen molar-refractivity contribution < 1.29 is 19.1 Å². The van der Waals surface area contributed by atoms with E-state index < -0.39 is 12.0 Å². The summed E-state index contributed by atoms with van der Waals surface area (Å²) >= 11 is 1.15. The topological polar surface area (TPSA) is 90.2 Å². The number of likely N-dealkylation sites (N-methyl/N-ethyl adjacent to an activating group) is 1. The van der Waals surface area contributed by atoms with E-state index in [0.717, 1.165) is 17.0 Å². The van der Waals surface area contributed by atoms with Crippen LogP contribution < -0.4 is 24.5 Å². The second-order valence-corrected chi connectivity index (χ2v) is 9.13. The molecular weight excluding hydrogens is 466 g/mol. The molecule has 2 aliphatic rings. The van der Waals surface area contributed by atoms with Crippen LogP contribution in [0.5, 0.6) is 5.75 Å². The lowest BCUT2D eigenvalue weighted by Crippen LogP contribution is -2.40. The standard InChI is InChI=1S/C26H23N3O5S/c1-5-34-25(32)19-14(2)27-26-29(21(19)15-9-8-10-16(13-15)33-4)24(31)22(35-26)20-17-11-6-7-12-18(17)28(3)23(20)30/h6-13,21H,5H2,1-4H3/b22-20-/t21-/m0/s1. The highest BCUT2D eigenvalue weighted by Gasteiger charge is 2.36. The van der Waals surface area contributed by atoms with Gasteiger partial charge in [-0.05, 0) is 37.6 Å². The predicted octanol–water partition coefficient (Wildman–Crippen LogP) is 2.15. The van der Waals surface area contributed by atoms with Crippen molar-refractivity contribution in [2.75, 3.05) is 25.7 Å². The normalized spacial score (nSPS) is 18.2. The number of rotatable bonds is 4. The summed E-state index contributed by atoms with van der Waals surface area (Å²) in [5, 5.41) is 0. The van der Waals surface area contributed by atoms with Gasteiger partial charge in [0.25, 0.3) is 11.5 Å². The zero-order valence-corrected chi connectivity index (χ0v) is 20.5. The molecule has 0 spiro atoms. The Bertz CT molecular complexity index is 1600. The first kappa shape index (κ1) is 22.8. The van der Waals surface area contributed by atoms with Gasteiger partial charge in [-0.1, -0.05) is 41.7 Å². The van der Waals surface area contributed by atoms with Gasteiger partial charge in [-0.3, -0.25) is 14.2 Å². The van der Waals surface area contributed by atoms with E-state index in [2.05, 4.69) is 4.99 Å². The van der Waals surface area contributed by atoms with Crippen molar-refractivity contribution in [3.05, 3.63) is 90.6 Å². The summed E-state index contributed by atoms with van der Waals surface area (Å²) in [5.41, 5.74) is 2.81. The lowest BCUT2D eigenvalue weighted by molar-refractivity contribution is -0.139. The third-order valence-electron chi connectivity index (χ3n) is 6.18. The van der Waals surface area contributed by atoms with Crippen molar-refractivity contribution in [2.24, 2.45) is 4.99 Å². The molecule has 9 heteroatoms. The molecule has 3 heterocycles. The number of hydrogen-bond acceptors (Lipinski definition) is 7. The number of anilines is 1. The minimum atomic E-state index is -0.778. The minimum Gasteiger partial charge on any atom is -0.497 e. The van der Waals surface area contributed by atoms with E-state index in [0.29, 0.717) is 32.9 Å². The first-order valence-electron chi connectivity index (χ1n) is 11.1. The summed E-state index contributed by atoms with van der Waals surface area (Å²) in [6, 6.07) is 13.8. The molecule has 8 nitrogen and oxygen atoms in total. The Morgan fingerprint density at radius 3 is 2.66 bits per heavy atom. The predicted molar refractivity (Wildman–Crippen MR) is 132 cm³/mol. The molecule has 2 aromatic carbocycles. The summed E-state index contributed by atoms with van der Waals surface area (Å²) in [6.45, 7) is 3.64.